The van der Waals surface area contributed by atoms with E-state index in [1.165, 1.54) is 16.8 Å². The summed E-state index contributed by atoms with van der Waals surface area (Å²) in [4.78, 5) is 0. The fraction of sp³-hybridized carbons (Fsp3) is 0.167. The molecule has 6 heteroatoms. The summed E-state index contributed by atoms with van der Waals surface area (Å²) < 4.78 is 20.2. The number of rotatable bonds is 2. The molecule has 18 heavy (non-hydrogen) atoms. The van der Waals surface area contributed by atoms with Crippen LogP contribution < -0.4 is 4.74 Å². The first-order valence-electron chi connectivity index (χ1n) is 5.09. The van der Waals surface area contributed by atoms with Crippen molar-refractivity contribution in [1.82, 2.24) is 9.78 Å². The fourth-order valence-corrected chi connectivity index (χ4v) is 1.65. The Balaban J connectivity index is 2.40. The van der Waals surface area contributed by atoms with Crippen LogP contribution in [-0.2, 0) is 7.05 Å². The summed E-state index contributed by atoms with van der Waals surface area (Å²) in [5.41, 5.74) is 0.886. The number of nitriles is 1. The maximum Gasteiger partial charge on any atom is 0.235 e. The molecule has 0 saturated heterocycles. The Bertz CT molecular complexity index is 646. The summed E-state index contributed by atoms with van der Waals surface area (Å²) in [6.45, 7) is 1.70. The van der Waals surface area contributed by atoms with Crippen LogP contribution in [0.4, 0.5) is 4.39 Å². The quantitative estimate of drug-likeness (QED) is 0.838. The lowest BCUT2D eigenvalue weighted by atomic mass is 10.3. The minimum Gasteiger partial charge on any atom is -0.438 e. The van der Waals surface area contributed by atoms with E-state index < -0.39 is 5.82 Å². The molecule has 0 bridgehead atoms. The topological polar surface area (TPSA) is 50.8 Å². The van der Waals surface area contributed by atoms with Gasteiger partial charge in [-0.25, -0.2) is 9.07 Å². The largest absolute Gasteiger partial charge is 0.438 e. The molecule has 0 aliphatic heterocycles. The second kappa shape index (κ2) is 4.67. The van der Waals surface area contributed by atoms with Gasteiger partial charge in [-0.05, 0) is 19.1 Å². The number of ether oxygens (including phenoxy) is 1. The monoisotopic (exact) mass is 265 g/mol. The first-order valence-corrected chi connectivity index (χ1v) is 5.47. The third-order valence-electron chi connectivity index (χ3n) is 2.39. The molecule has 0 unspecified atom stereocenters. The standard InChI is InChI=1S/C12H9ClFN3O/c1-7-9(6-15)12(17(2)16-7)18-8-3-4-10(13)11(14)5-8/h3-5H,1-2H3. The number of halogens is 2. The second-order valence-corrected chi connectivity index (χ2v) is 4.09. The molecule has 2 aromatic rings. The van der Waals surface area contributed by atoms with Crippen LogP contribution in [0.3, 0.4) is 0 Å². The Morgan fingerprint density at radius 1 is 1.50 bits per heavy atom. The summed E-state index contributed by atoms with van der Waals surface area (Å²) >= 11 is 5.58. The molecule has 0 amide bonds. The zero-order valence-corrected chi connectivity index (χ0v) is 10.5. The summed E-state index contributed by atoms with van der Waals surface area (Å²) in [5, 5.41) is 13.1. The molecular weight excluding hydrogens is 257 g/mol. The minimum absolute atomic E-state index is 0.0176. The van der Waals surface area contributed by atoms with Gasteiger partial charge in [-0.2, -0.15) is 10.4 Å². The number of nitrogens with zero attached hydrogens (tertiary/aromatic N) is 3. The predicted molar refractivity (Wildman–Crippen MR) is 64.1 cm³/mol. The van der Waals surface area contributed by atoms with E-state index in [9.17, 15) is 4.39 Å². The van der Waals surface area contributed by atoms with E-state index in [0.717, 1.165) is 6.07 Å². The molecule has 0 aliphatic carbocycles. The van der Waals surface area contributed by atoms with Crippen molar-refractivity contribution in [2.45, 2.75) is 6.92 Å². The molecule has 1 aromatic carbocycles. The number of aromatic nitrogens is 2. The third-order valence-corrected chi connectivity index (χ3v) is 2.69. The van der Waals surface area contributed by atoms with Crippen molar-refractivity contribution in [3.05, 3.63) is 40.3 Å². The van der Waals surface area contributed by atoms with Crippen LogP contribution in [0.1, 0.15) is 11.3 Å². The predicted octanol–water partition coefficient (Wildman–Crippen LogP) is 3.19. The molecule has 0 aliphatic rings. The average molecular weight is 266 g/mol. The van der Waals surface area contributed by atoms with E-state index in [-0.39, 0.29) is 16.7 Å². The third kappa shape index (κ3) is 2.15. The van der Waals surface area contributed by atoms with Crippen LogP contribution >= 0.6 is 11.6 Å². The smallest absolute Gasteiger partial charge is 0.235 e. The molecule has 0 fully saturated rings. The Kier molecular flexibility index (Phi) is 3.21. The van der Waals surface area contributed by atoms with E-state index in [1.54, 1.807) is 14.0 Å². The molecule has 0 N–H and O–H groups in total. The lowest BCUT2D eigenvalue weighted by molar-refractivity contribution is 0.426. The Hall–Kier alpha value is -2.06. The van der Waals surface area contributed by atoms with Gasteiger partial charge in [0.2, 0.25) is 5.88 Å². The molecule has 4 nitrogen and oxygen atoms in total. The fourth-order valence-electron chi connectivity index (χ4n) is 1.53. The van der Waals surface area contributed by atoms with Gasteiger partial charge in [0.25, 0.3) is 0 Å². The van der Waals surface area contributed by atoms with Gasteiger partial charge in [-0.1, -0.05) is 11.6 Å². The van der Waals surface area contributed by atoms with Crippen LogP contribution in [-0.4, -0.2) is 9.78 Å². The minimum atomic E-state index is -0.577. The van der Waals surface area contributed by atoms with E-state index >= 15 is 0 Å². The van der Waals surface area contributed by atoms with Crippen LogP contribution in [0.15, 0.2) is 18.2 Å². The van der Waals surface area contributed by atoms with Crippen LogP contribution in [0.2, 0.25) is 5.02 Å². The molecule has 92 valence electrons. The van der Waals surface area contributed by atoms with Crippen molar-refractivity contribution in [3.63, 3.8) is 0 Å². The SMILES string of the molecule is Cc1nn(C)c(Oc2ccc(Cl)c(F)c2)c1C#N. The van der Waals surface area contributed by atoms with Crippen molar-refractivity contribution in [3.8, 4) is 17.7 Å². The normalized spacial score (nSPS) is 10.2. The Morgan fingerprint density at radius 3 is 2.83 bits per heavy atom. The highest BCUT2D eigenvalue weighted by atomic mass is 35.5. The molecule has 0 radical (unpaired) electrons. The zero-order chi connectivity index (χ0) is 13.3. The molecule has 0 saturated carbocycles. The summed E-state index contributed by atoms with van der Waals surface area (Å²) in [6.07, 6.45) is 0. The number of benzene rings is 1. The number of hydrogen-bond acceptors (Lipinski definition) is 3. The maximum atomic E-state index is 13.3. The van der Waals surface area contributed by atoms with Crippen LogP contribution in [0.5, 0.6) is 11.6 Å². The van der Waals surface area contributed by atoms with Crippen molar-refractivity contribution in [1.29, 1.82) is 5.26 Å². The van der Waals surface area contributed by atoms with Gasteiger partial charge >= 0.3 is 0 Å². The second-order valence-electron chi connectivity index (χ2n) is 3.68. The van der Waals surface area contributed by atoms with E-state index in [4.69, 9.17) is 21.6 Å². The summed E-state index contributed by atoms with van der Waals surface area (Å²) in [6, 6.07) is 6.07. The van der Waals surface area contributed by atoms with Gasteiger partial charge in [0.15, 0.2) is 0 Å². The molecule has 1 heterocycles. The van der Waals surface area contributed by atoms with Gasteiger partial charge < -0.3 is 4.74 Å². The van der Waals surface area contributed by atoms with Crippen molar-refractivity contribution >= 4 is 11.6 Å². The first kappa shape index (κ1) is 12.4. The first-order chi connectivity index (χ1) is 8.52. The van der Waals surface area contributed by atoms with E-state index in [1.807, 2.05) is 6.07 Å². The van der Waals surface area contributed by atoms with Crippen LogP contribution in [0, 0.1) is 24.1 Å². The lowest BCUT2D eigenvalue weighted by Crippen LogP contribution is -1.96. The van der Waals surface area contributed by atoms with Gasteiger partial charge in [0.05, 0.1) is 10.7 Å². The molecule has 2 rings (SSSR count). The van der Waals surface area contributed by atoms with Gasteiger partial charge in [0.1, 0.15) is 23.2 Å². The summed E-state index contributed by atoms with van der Waals surface area (Å²) in [5.74, 6) is -0.0420. The van der Waals surface area contributed by atoms with Crippen molar-refractivity contribution in [2.75, 3.05) is 0 Å². The van der Waals surface area contributed by atoms with Gasteiger partial charge in [0, 0.05) is 13.1 Å². The Labute approximate surface area is 108 Å². The van der Waals surface area contributed by atoms with E-state index in [0.29, 0.717) is 11.3 Å². The van der Waals surface area contributed by atoms with Crippen LogP contribution in [0.25, 0.3) is 0 Å². The molecular formula is C12H9ClFN3O. The maximum absolute atomic E-state index is 13.3. The van der Waals surface area contributed by atoms with Gasteiger partial charge in [-0.3, -0.25) is 0 Å². The average Bonchev–Trinajstić information content (AvgIpc) is 2.58. The molecule has 0 atom stereocenters. The van der Waals surface area contributed by atoms with Gasteiger partial charge in [-0.15, -0.1) is 0 Å². The molecule has 0 spiro atoms. The van der Waals surface area contributed by atoms with Crippen molar-refractivity contribution < 1.29 is 9.13 Å². The highest BCUT2D eigenvalue weighted by Crippen LogP contribution is 2.28. The molecule has 1 aromatic heterocycles. The Morgan fingerprint density at radius 2 is 2.22 bits per heavy atom. The highest BCUT2D eigenvalue weighted by Gasteiger charge is 2.15. The highest BCUT2D eigenvalue weighted by molar-refractivity contribution is 6.30. The summed E-state index contributed by atoms with van der Waals surface area (Å²) in [7, 11) is 1.65. The van der Waals surface area contributed by atoms with Crippen molar-refractivity contribution in [2.24, 2.45) is 7.05 Å². The lowest BCUT2D eigenvalue weighted by Gasteiger charge is -2.06. The van der Waals surface area contributed by atoms with E-state index in [2.05, 4.69) is 5.10 Å². The number of aryl methyl sites for hydroxylation is 2. The zero-order valence-electron chi connectivity index (χ0n) is 9.74. The number of hydrogen-bond donors (Lipinski definition) is 0.